The van der Waals surface area contributed by atoms with E-state index in [1.54, 1.807) is 0 Å². The molecule has 0 atom stereocenters. The van der Waals surface area contributed by atoms with E-state index in [4.69, 9.17) is 0 Å². The maximum absolute atomic E-state index is 3.22. The standard InChI is InChI=1S/C14H18N2.2ClH/c1-15-9-13-7-11-5-3-4-6-12(11)8-14(13)10-16-2;;/h3-8,15-16H,9-10H2,1-2H3;2*1H. The molecule has 0 saturated heterocycles. The van der Waals surface area contributed by atoms with E-state index in [1.165, 1.54) is 21.9 Å². The van der Waals surface area contributed by atoms with Gasteiger partial charge in [0.2, 0.25) is 0 Å². The number of rotatable bonds is 4. The molecule has 0 heterocycles. The van der Waals surface area contributed by atoms with Gasteiger partial charge in [-0.3, -0.25) is 0 Å². The van der Waals surface area contributed by atoms with Crippen molar-refractivity contribution in [3.8, 4) is 0 Å². The summed E-state index contributed by atoms with van der Waals surface area (Å²) in [6, 6.07) is 13.1. The fourth-order valence-electron chi connectivity index (χ4n) is 2.04. The topological polar surface area (TPSA) is 24.1 Å². The smallest absolute Gasteiger partial charge is 0.0205 e. The van der Waals surface area contributed by atoms with Crippen molar-refractivity contribution in [1.82, 2.24) is 10.6 Å². The Balaban J connectivity index is 0.00000144. The van der Waals surface area contributed by atoms with Gasteiger partial charge in [0, 0.05) is 13.1 Å². The van der Waals surface area contributed by atoms with Gasteiger partial charge < -0.3 is 10.6 Å². The maximum Gasteiger partial charge on any atom is 0.0205 e. The molecule has 2 rings (SSSR count). The lowest BCUT2D eigenvalue weighted by atomic mass is 10.0. The molecular formula is C14H20Cl2N2. The molecule has 0 amide bonds. The average Bonchev–Trinajstić information content (AvgIpc) is 2.30. The van der Waals surface area contributed by atoms with Crippen molar-refractivity contribution in [2.45, 2.75) is 13.1 Å². The molecule has 0 spiro atoms. The highest BCUT2D eigenvalue weighted by molar-refractivity contribution is 5.85. The molecule has 2 aromatic carbocycles. The van der Waals surface area contributed by atoms with Crippen LogP contribution in [0.5, 0.6) is 0 Å². The van der Waals surface area contributed by atoms with Crippen LogP contribution in [0, 0.1) is 0 Å². The second-order valence-corrected chi connectivity index (χ2v) is 4.03. The van der Waals surface area contributed by atoms with Gasteiger partial charge in [-0.1, -0.05) is 24.3 Å². The van der Waals surface area contributed by atoms with Gasteiger partial charge >= 0.3 is 0 Å². The maximum atomic E-state index is 3.22. The first-order valence-electron chi connectivity index (χ1n) is 5.65. The highest BCUT2D eigenvalue weighted by Gasteiger charge is 2.03. The molecule has 0 bridgehead atoms. The molecule has 18 heavy (non-hydrogen) atoms. The van der Waals surface area contributed by atoms with Crippen LogP contribution in [-0.4, -0.2) is 14.1 Å². The quantitative estimate of drug-likeness (QED) is 0.903. The fraction of sp³-hybridized carbons (Fsp3) is 0.286. The molecule has 100 valence electrons. The minimum absolute atomic E-state index is 0. The predicted octanol–water partition coefficient (Wildman–Crippen LogP) is 3.12. The molecule has 4 heteroatoms. The summed E-state index contributed by atoms with van der Waals surface area (Å²) in [7, 11) is 3.97. The van der Waals surface area contributed by atoms with Gasteiger partial charge in [0.25, 0.3) is 0 Å². The molecular weight excluding hydrogens is 267 g/mol. The third kappa shape index (κ3) is 3.85. The first-order chi connectivity index (χ1) is 7.85. The molecule has 2 nitrogen and oxygen atoms in total. The van der Waals surface area contributed by atoms with E-state index in [2.05, 4.69) is 47.0 Å². The molecule has 2 aromatic rings. The van der Waals surface area contributed by atoms with Crippen molar-refractivity contribution in [3.05, 3.63) is 47.5 Å². The normalized spacial score (nSPS) is 9.67. The summed E-state index contributed by atoms with van der Waals surface area (Å²) in [5, 5.41) is 9.06. The summed E-state index contributed by atoms with van der Waals surface area (Å²) in [4.78, 5) is 0. The van der Waals surface area contributed by atoms with Gasteiger partial charge in [0.1, 0.15) is 0 Å². The Morgan fingerprint density at radius 1 is 0.778 bits per heavy atom. The van der Waals surface area contributed by atoms with Crippen molar-refractivity contribution >= 4 is 35.6 Å². The van der Waals surface area contributed by atoms with E-state index in [9.17, 15) is 0 Å². The third-order valence-corrected chi connectivity index (χ3v) is 2.80. The molecule has 0 aromatic heterocycles. The number of benzene rings is 2. The fourth-order valence-corrected chi connectivity index (χ4v) is 2.04. The highest BCUT2D eigenvalue weighted by atomic mass is 35.5. The van der Waals surface area contributed by atoms with Crippen molar-refractivity contribution in [2.24, 2.45) is 0 Å². The molecule has 0 aliphatic carbocycles. The van der Waals surface area contributed by atoms with E-state index < -0.39 is 0 Å². The molecule has 0 fully saturated rings. The van der Waals surface area contributed by atoms with Gasteiger partial charge in [0.15, 0.2) is 0 Å². The number of nitrogens with one attached hydrogen (secondary N) is 2. The Morgan fingerprint density at radius 2 is 1.17 bits per heavy atom. The van der Waals surface area contributed by atoms with Crippen molar-refractivity contribution in [3.63, 3.8) is 0 Å². The van der Waals surface area contributed by atoms with Crippen molar-refractivity contribution < 1.29 is 0 Å². The minimum Gasteiger partial charge on any atom is -0.316 e. The summed E-state index contributed by atoms with van der Waals surface area (Å²) in [6.07, 6.45) is 0. The van der Waals surface area contributed by atoms with Crippen LogP contribution in [0.3, 0.4) is 0 Å². The van der Waals surface area contributed by atoms with E-state index >= 15 is 0 Å². The second-order valence-electron chi connectivity index (χ2n) is 4.03. The zero-order valence-corrected chi connectivity index (χ0v) is 12.3. The van der Waals surface area contributed by atoms with Crippen molar-refractivity contribution in [1.29, 1.82) is 0 Å². The SMILES string of the molecule is CNCc1cc2ccccc2cc1CNC.Cl.Cl. The van der Waals surface area contributed by atoms with E-state index in [-0.39, 0.29) is 24.8 Å². The molecule has 0 aliphatic heterocycles. The van der Waals surface area contributed by atoms with Gasteiger partial charge in [-0.05, 0) is 48.1 Å². The van der Waals surface area contributed by atoms with E-state index in [0.29, 0.717) is 0 Å². The molecule has 0 radical (unpaired) electrons. The summed E-state index contributed by atoms with van der Waals surface area (Å²) >= 11 is 0. The number of fused-ring (bicyclic) bond motifs is 1. The number of halogens is 2. The van der Waals surface area contributed by atoms with Gasteiger partial charge in [-0.25, -0.2) is 0 Å². The first kappa shape index (κ1) is 17.2. The van der Waals surface area contributed by atoms with Crippen LogP contribution < -0.4 is 10.6 Å². The highest BCUT2D eigenvalue weighted by Crippen LogP contribution is 2.20. The van der Waals surface area contributed by atoms with Gasteiger partial charge in [-0.2, -0.15) is 0 Å². The van der Waals surface area contributed by atoms with Gasteiger partial charge in [-0.15, -0.1) is 24.8 Å². The summed E-state index contributed by atoms with van der Waals surface area (Å²) in [5.74, 6) is 0. The van der Waals surface area contributed by atoms with Crippen LogP contribution in [0.15, 0.2) is 36.4 Å². The number of hydrogen-bond acceptors (Lipinski definition) is 2. The lowest BCUT2D eigenvalue weighted by molar-refractivity contribution is 0.769. The molecule has 0 saturated carbocycles. The van der Waals surface area contributed by atoms with E-state index in [0.717, 1.165) is 13.1 Å². The van der Waals surface area contributed by atoms with Crippen LogP contribution >= 0.6 is 24.8 Å². The third-order valence-electron chi connectivity index (χ3n) is 2.80. The largest absolute Gasteiger partial charge is 0.316 e. The summed E-state index contributed by atoms with van der Waals surface area (Å²) in [5.41, 5.74) is 2.74. The van der Waals surface area contributed by atoms with Crippen LogP contribution in [0.4, 0.5) is 0 Å². The minimum atomic E-state index is 0. The summed E-state index contributed by atoms with van der Waals surface area (Å²) < 4.78 is 0. The Bertz CT molecular complexity index is 442. The molecule has 0 unspecified atom stereocenters. The zero-order chi connectivity index (χ0) is 11.4. The monoisotopic (exact) mass is 286 g/mol. The Kier molecular flexibility index (Phi) is 7.96. The molecule has 2 N–H and O–H groups in total. The van der Waals surface area contributed by atoms with Crippen LogP contribution in [0.2, 0.25) is 0 Å². The second kappa shape index (κ2) is 8.33. The average molecular weight is 287 g/mol. The van der Waals surface area contributed by atoms with Crippen LogP contribution in [0.25, 0.3) is 10.8 Å². The molecule has 0 aliphatic rings. The van der Waals surface area contributed by atoms with Crippen LogP contribution in [0.1, 0.15) is 11.1 Å². The zero-order valence-electron chi connectivity index (χ0n) is 10.7. The van der Waals surface area contributed by atoms with Crippen molar-refractivity contribution in [2.75, 3.05) is 14.1 Å². The van der Waals surface area contributed by atoms with E-state index in [1.807, 2.05) is 14.1 Å². The Hall–Kier alpha value is -0.800. The summed E-state index contributed by atoms with van der Waals surface area (Å²) in [6.45, 7) is 1.84. The Morgan fingerprint density at radius 3 is 1.50 bits per heavy atom. The first-order valence-corrected chi connectivity index (χ1v) is 5.65. The predicted molar refractivity (Wildman–Crippen MR) is 84.0 cm³/mol. The Labute approximate surface area is 121 Å². The lowest BCUT2D eigenvalue weighted by Gasteiger charge is -2.11. The van der Waals surface area contributed by atoms with Gasteiger partial charge in [0.05, 0.1) is 0 Å². The lowest BCUT2D eigenvalue weighted by Crippen LogP contribution is -2.12. The van der Waals surface area contributed by atoms with Crippen LogP contribution in [-0.2, 0) is 13.1 Å². The number of hydrogen-bond donors (Lipinski definition) is 2.